The lowest BCUT2D eigenvalue weighted by Gasteiger charge is -2.32. The number of aryl methyl sites for hydroxylation is 1. The molecule has 2 aromatic rings. The molecule has 1 aromatic heterocycles. The van der Waals surface area contributed by atoms with Gasteiger partial charge in [-0.25, -0.2) is 13.8 Å². The number of aromatic nitrogens is 2. The molecular formula is C30H43F2N5O2. The number of benzene rings is 1. The monoisotopic (exact) mass is 543 g/mol. The summed E-state index contributed by atoms with van der Waals surface area (Å²) in [5.41, 5.74) is 0.300. The molecule has 0 aliphatic heterocycles. The van der Waals surface area contributed by atoms with Gasteiger partial charge < -0.3 is 20.5 Å². The van der Waals surface area contributed by atoms with Crippen molar-refractivity contribution >= 4 is 17.6 Å². The number of nitrogens with one attached hydrogen (secondary N) is 3. The molecule has 214 valence electrons. The molecule has 4 rings (SSSR count). The van der Waals surface area contributed by atoms with Crippen molar-refractivity contribution in [3.63, 3.8) is 0 Å². The first-order chi connectivity index (χ1) is 18.6. The van der Waals surface area contributed by atoms with E-state index in [0.717, 1.165) is 25.3 Å². The van der Waals surface area contributed by atoms with Crippen LogP contribution in [-0.2, 0) is 28.0 Å². The minimum Gasteiger partial charge on any atom is -0.357 e. The Labute approximate surface area is 230 Å². The lowest BCUT2D eigenvalue weighted by atomic mass is 9.84. The molecule has 2 aliphatic rings. The highest BCUT2D eigenvalue weighted by Crippen LogP contribution is 2.28. The van der Waals surface area contributed by atoms with Gasteiger partial charge >= 0.3 is 0 Å². The average Bonchev–Trinajstić information content (AvgIpc) is 3.38. The number of halogens is 2. The van der Waals surface area contributed by atoms with Gasteiger partial charge in [0.15, 0.2) is 0 Å². The van der Waals surface area contributed by atoms with Crippen molar-refractivity contribution in [2.75, 3.05) is 5.32 Å². The minimum atomic E-state index is -0.850. The molecule has 1 unspecified atom stereocenters. The smallest absolute Gasteiger partial charge is 0.245 e. The number of amides is 2. The summed E-state index contributed by atoms with van der Waals surface area (Å²) in [6, 6.07) is 1.65. The quantitative estimate of drug-likeness (QED) is 0.383. The number of rotatable bonds is 10. The first-order valence-electron chi connectivity index (χ1n) is 14.5. The Morgan fingerprint density at radius 1 is 1.15 bits per heavy atom. The molecule has 0 radical (unpaired) electrons. The van der Waals surface area contributed by atoms with E-state index in [1.54, 1.807) is 17.1 Å². The average molecular weight is 544 g/mol. The standard InChI is InChI=1S/C30H43F2N5O2/c1-5-9-26(28(38)35-23-13-12-21-14-22(31)15-25(32)24(21)16-23)36-27-17-37(18-33-27)30(3,4)29(39)34-19(2)20-10-7-6-8-11-20/h14-15,17-20,23,26,36H,5-13,16H2,1-4H3,(H,34,39)(H,35,38)/t19-,23?,26+/m1/s1. The van der Waals surface area contributed by atoms with E-state index in [4.69, 9.17) is 0 Å². The van der Waals surface area contributed by atoms with Gasteiger partial charge in [0.05, 0.1) is 6.33 Å². The van der Waals surface area contributed by atoms with Crippen LogP contribution in [0.4, 0.5) is 14.6 Å². The van der Waals surface area contributed by atoms with Gasteiger partial charge in [0.2, 0.25) is 11.8 Å². The largest absolute Gasteiger partial charge is 0.357 e. The molecule has 0 saturated heterocycles. The highest BCUT2D eigenvalue weighted by atomic mass is 19.1. The number of nitrogens with zero attached hydrogens (tertiary/aromatic N) is 2. The summed E-state index contributed by atoms with van der Waals surface area (Å²) in [7, 11) is 0. The third kappa shape index (κ3) is 6.97. The maximum atomic E-state index is 14.3. The first kappa shape index (κ1) is 29.0. The summed E-state index contributed by atoms with van der Waals surface area (Å²) in [5.74, 6) is -0.336. The molecule has 1 saturated carbocycles. The highest BCUT2D eigenvalue weighted by molar-refractivity contribution is 5.85. The van der Waals surface area contributed by atoms with Crippen LogP contribution in [-0.4, -0.2) is 39.5 Å². The Hall–Kier alpha value is -2.97. The van der Waals surface area contributed by atoms with Gasteiger partial charge in [-0.3, -0.25) is 9.59 Å². The molecule has 2 aliphatic carbocycles. The van der Waals surface area contributed by atoms with Crippen LogP contribution >= 0.6 is 0 Å². The predicted octanol–water partition coefficient (Wildman–Crippen LogP) is 5.24. The van der Waals surface area contributed by atoms with Crippen LogP contribution in [0.5, 0.6) is 0 Å². The van der Waals surface area contributed by atoms with Gasteiger partial charge in [0.1, 0.15) is 29.0 Å². The molecule has 3 atom stereocenters. The maximum Gasteiger partial charge on any atom is 0.245 e. The van der Waals surface area contributed by atoms with Crippen molar-refractivity contribution in [2.24, 2.45) is 5.92 Å². The van der Waals surface area contributed by atoms with Gasteiger partial charge in [-0.2, -0.15) is 0 Å². The fraction of sp³-hybridized carbons (Fsp3) is 0.633. The predicted molar refractivity (Wildman–Crippen MR) is 148 cm³/mol. The number of carbonyl (C=O) groups is 2. The van der Waals surface area contributed by atoms with E-state index in [1.165, 1.54) is 25.3 Å². The first-order valence-corrected chi connectivity index (χ1v) is 14.5. The van der Waals surface area contributed by atoms with Gasteiger partial charge in [-0.05, 0) is 82.4 Å². The highest BCUT2D eigenvalue weighted by Gasteiger charge is 2.33. The van der Waals surface area contributed by atoms with Crippen LogP contribution in [0.1, 0.15) is 90.2 Å². The summed E-state index contributed by atoms with van der Waals surface area (Å²) in [6.45, 7) is 7.83. The molecule has 2 amide bonds. The number of imidazole rings is 1. The Balaban J connectivity index is 1.37. The van der Waals surface area contributed by atoms with Crippen molar-refractivity contribution in [3.05, 3.63) is 47.4 Å². The number of hydrogen-bond donors (Lipinski definition) is 3. The van der Waals surface area contributed by atoms with Gasteiger partial charge in [0, 0.05) is 24.3 Å². The van der Waals surface area contributed by atoms with Crippen LogP contribution in [0.15, 0.2) is 24.7 Å². The fourth-order valence-electron chi connectivity index (χ4n) is 5.90. The van der Waals surface area contributed by atoms with E-state index < -0.39 is 23.2 Å². The molecule has 7 nitrogen and oxygen atoms in total. The Kier molecular flexibility index (Phi) is 9.28. The minimum absolute atomic E-state index is 0.0583. The summed E-state index contributed by atoms with van der Waals surface area (Å²) in [6.07, 6.45) is 12.3. The van der Waals surface area contributed by atoms with E-state index >= 15 is 0 Å². The molecule has 39 heavy (non-hydrogen) atoms. The van der Waals surface area contributed by atoms with E-state index in [2.05, 4.69) is 27.9 Å². The van der Waals surface area contributed by atoms with Gasteiger partial charge in [-0.15, -0.1) is 0 Å². The topological polar surface area (TPSA) is 88.1 Å². The fourth-order valence-corrected chi connectivity index (χ4v) is 5.90. The van der Waals surface area contributed by atoms with Crippen molar-refractivity contribution in [1.29, 1.82) is 0 Å². The van der Waals surface area contributed by atoms with Crippen LogP contribution in [0.2, 0.25) is 0 Å². The Morgan fingerprint density at radius 3 is 2.62 bits per heavy atom. The van der Waals surface area contributed by atoms with Crippen molar-refractivity contribution in [3.8, 4) is 0 Å². The molecule has 9 heteroatoms. The molecule has 3 N–H and O–H groups in total. The lowest BCUT2D eigenvalue weighted by molar-refractivity contribution is -0.129. The normalized spacial score (nSPS) is 19.6. The number of carbonyl (C=O) groups excluding carboxylic acids is 2. The van der Waals surface area contributed by atoms with E-state index in [0.29, 0.717) is 48.5 Å². The molecule has 1 heterocycles. The zero-order valence-electron chi connectivity index (χ0n) is 23.7. The van der Waals surface area contributed by atoms with Crippen LogP contribution in [0, 0.1) is 17.6 Å². The zero-order valence-corrected chi connectivity index (χ0v) is 23.7. The van der Waals surface area contributed by atoms with Crippen LogP contribution in [0.3, 0.4) is 0 Å². The summed E-state index contributed by atoms with van der Waals surface area (Å²) in [5, 5.41) is 9.50. The Morgan fingerprint density at radius 2 is 1.90 bits per heavy atom. The second-order valence-corrected chi connectivity index (χ2v) is 11.8. The molecule has 1 aromatic carbocycles. The van der Waals surface area contributed by atoms with Crippen LogP contribution in [0.25, 0.3) is 0 Å². The molecule has 0 bridgehead atoms. The van der Waals surface area contributed by atoms with Crippen molar-refractivity contribution in [2.45, 2.75) is 116 Å². The SMILES string of the molecule is CCC[C@H](Nc1cn(C(C)(C)C(=O)N[C@H](C)C2CCCCC2)cn1)C(=O)NC1CCc2cc(F)cc(F)c2C1. The third-order valence-corrected chi connectivity index (χ3v) is 8.53. The number of fused-ring (bicyclic) bond motifs is 1. The zero-order chi connectivity index (χ0) is 28.2. The summed E-state index contributed by atoms with van der Waals surface area (Å²) in [4.78, 5) is 30.9. The second-order valence-electron chi connectivity index (χ2n) is 11.8. The maximum absolute atomic E-state index is 14.3. The molecular weight excluding hydrogens is 500 g/mol. The molecule has 0 spiro atoms. The molecule has 1 fully saturated rings. The number of hydrogen-bond acceptors (Lipinski definition) is 4. The second kappa shape index (κ2) is 12.5. The van der Waals surface area contributed by atoms with Gasteiger partial charge in [0.25, 0.3) is 0 Å². The van der Waals surface area contributed by atoms with E-state index in [1.807, 2.05) is 20.8 Å². The summed E-state index contributed by atoms with van der Waals surface area (Å²) < 4.78 is 29.7. The van der Waals surface area contributed by atoms with Crippen LogP contribution < -0.4 is 16.0 Å². The third-order valence-electron chi connectivity index (χ3n) is 8.53. The Bertz CT molecular complexity index is 1160. The van der Waals surface area contributed by atoms with Crippen molar-refractivity contribution < 1.29 is 18.4 Å². The number of anilines is 1. The van der Waals surface area contributed by atoms with Gasteiger partial charge in [-0.1, -0.05) is 32.6 Å². The summed E-state index contributed by atoms with van der Waals surface area (Å²) >= 11 is 0. The van der Waals surface area contributed by atoms with Crippen molar-refractivity contribution in [1.82, 2.24) is 20.2 Å². The van der Waals surface area contributed by atoms with E-state index in [9.17, 15) is 18.4 Å². The lowest BCUT2D eigenvalue weighted by Crippen LogP contribution is -2.49. The van der Waals surface area contributed by atoms with E-state index in [-0.39, 0.29) is 23.9 Å².